The molecule has 16 heteroatoms. The van der Waals surface area contributed by atoms with Crippen LogP contribution in [0.5, 0.6) is 0 Å². The van der Waals surface area contributed by atoms with E-state index in [-0.39, 0.29) is 36.7 Å². The molecule has 0 atom stereocenters. The lowest BCUT2D eigenvalue weighted by molar-refractivity contribution is 0.0697. The lowest BCUT2D eigenvalue weighted by atomic mass is 10.2. The van der Waals surface area contributed by atoms with E-state index in [1.165, 1.54) is 24.7 Å². The van der Waals surface area contributed by atoms with Crippen LogP contribution < -0.4 is 20.7 Å². The Balaban J connectivity index is 1.64. The number of oxazole rings is 1. The molecule has 0 saturated heterocycles. The maximum absolute atomic E-state index is 11.7. The highest BCUT2D eigenvalue weighted by Crippen LogP contribution is 2.33. The van der Waals surface area contributed by atoms with Crippen LogP contribution in [0.4, 0.5) is 23.0 Å². The zero-order valence-electron chi connectivity index (χ0n) is 21.2. The van der Waals surface area contributed by atoms with E-state index in [0.717, 1.165) is 6.26 Å². The minimum absolute atomic E-state index is 0.0627. The predicted molar refractivity (Wildman–Crippen MR) is 152 cm³/mol. The molecule has 4 aromatic rings. The minimum atomic E-state index is -3.38. The number of carboxylic acids is 1. The van der Waals surface area contributed by atoms with Gasteiger partial charge in [0, 0.05) is 36.1 Å². The Kier molecular flexibility index (Phi) is 9.04. The molecule has 0 aliphatic heterocycles. The summed E-state index contributed by atoms with van der Waals surface area (Å²) in [7, 11) is -3.38. The second-order valence-electron chi connectivity index (χ2n) is 8.38. The van der Waals surface area contributed by atoms with Crippen molar-refractivity contribution in [3.05, 3.63) is 70.2 Å². The van der Waals surface area contributed by atoms with Crippen LogP contribution in [0.15, 0.2) is 47.3 Å². The third-order valence-electron chi connectivity index (χ3n) is 5.27. The van der Waals surface area contributed by atoms with Gasteiger partial charge in [0.2, 0.25) is 15.9 Å². The molecule has 0 fully saturated rings. The molecule has 210 valence electrons. The monoisotopic (exact) mass is 606 g/mol. The summed E-state index contributed by atoms with van der Waals surface area (Å²) < 4.78 is 31.1. The molecule has 0 radical (unpaired) electrons. The smallest absolute Gasteiger partial charge is 0.339 e. The van der Waals surface area contributed by atoms with Crippen molar-refractivity contribution in [1.82, 2.24) is 24.7 Å². The van der Waals surface area contributed by atoms with Gasteiger partial charge in [-0.15, -0.1) is 0 Å². The highest BCUT2D eigenvalue weighted by atomic mass is 35.5. The number of carbonyl (C=O) groups is 1. The van der Waals surface area contributed by atoms with Crippen molar-refractivity contribution in [2.24, 2.45) is 0 Å². The van der Waals surface area contributed by atoms with Crippen LogP contribution in [0.1, 0.15) is 22.1 Å². The Bertz CT molecular complexity index is 1650. The van der Waals surface area contributed by atoms with Gasteiger partial charge in [-0.25, -0.2) is 32.9 Å². The quantitative estimate of drug-likeness (QED) is 0.145. The van der Waals surface area contributed by atoms with Gasteiger partial charge in [-0.05, 0) is 31.2 Å². The molecule has 40 heavy (non-hydrogen) atoms. The molecule has 4 rings (SSSR count). The molecule has 0 spiro atoms. The van der Waals surface area contributed by atoms with Crippen molar-refractivity contribution in [1.29, 1.82) is 0 Å². The summed E-state index contributed by atoms with van der Waals surface area (Å²) in [5.74, 6) is 0.498. The first-order chi connectivity index (χ1) is 19.0. The number of carboxylic acid groups (broad SMARTS) is 1. The largest absolute Gasteiger partial charge is 0.478 e. The average molecular weight is 607 g/mol. The van der Waals surface area contributed by atoms with E-state index >= 15 is 0 Å². The molecule has 3 heterocycles. The zero-order chi connectivity index (χ0) is 28.9. The molecule has 13 nitrogen and oxygen atoms in total. The summed E-state index contributed by atoms with van der Waals surface area (Å²) in [6.07, 6.45) is 5.25. The fourth-order valence-corrected chi connectivity index (χ4v) is 4.40. The normalized spacial score (nSPS) is 11.3. The van der Waals surface area contributed by atoms with E-state index < -0.39 is 16.0 Å². The van der Waals surface area contributed by atoms with Gasteiger partial charge in [0.05, 0.1) is 29.7 Å². The number of sulfonamides is 1. The molecular weight excluding hydrogens is 583 g/mol. The number of aryl methyl sites for hydroxylation is 1. The Morgan fingerprint density at radius 3 is 2.60 bits per heavy atom. The first kappa shape index (κ1) is 29.0. The summed E-state index contributed by atoms with van der Waals surface area (Å²) in [5, 5.41) is 19.8. The molecule has 0 unspecified atom stereocenters. The minimum Gasteiger partial charge on any atom is -0.478 e. The van der Waals surface area contributed by atoms with Gasteiger partial charge in [-0.2, -0.15) is 0 Å². The SMILES string of the molecule is Cc1nc(NCCNS(C)(=O)=O)c(NCc2ncc(-c3cc(Cl)ccc3Cl)o2)c(Nc2ccncc2C(=O)O)n1. The first-order valence-electron chi connectivity index (χ1n) is 11.7. The molecule has 5 N–H and O–H groups in total. The van der Waals surface area contributed by atoms with E-state index in [1.54, 1.807) is 25.1 Å². The number of aromatic carboxylic acids is 1. The third-order valence-corrected chi connectivity index (χ3v) is 6.56. The van der Waals surface area contributed by atoms with E-state index in [2.05, 4.69) is 40.6 Å². The van der Waals surface area contributed by atoms with Crippen LogP contribution in [0.3, 0.4) is 0 Å². The fraction of sp³-hybridized carbons (Fsp3) is 0.208. The molecule has 1 aromatic carbocycles. The molecule has 0 amide bonds. The van der Waals surface area contributed by atoms with Crippen molar-refractivity contribution in [2.75, 3.05) is 35.3 Å². The van der Waals surface area contributed by atoms with Gasteiger partial charge >= 0.3 is 5.97 Å². The third kappa shape index (κ3) is 7.57. The van der Waals surface area contributed by atoms with Gasteiger partial charge in [0.25, 0.3) is 0 Å². The number of nitrogens with zero attached hydrogens (tertiary/aromatic N) is 4. The van der Waals surface area contributed by atoms with Gasteiger partial charge in [-0.1, -0.05) is 23.2 Å². The number of anilines is 4. The van der Waals surface area contributed by atoms with Crippen LogP contribution in [-0.2, 0) is 16.6 Å². The molecule has 0 aliphatic rings. The number of benzene rings is 1. The Hall–Kier alpha value is -3.98. The number of hydrogen-bond donors (Lipinski definition) is 5. The lowest BCUT2D eigenvalue weighted by Gasteiger charge is -2.18. The van der Waals surface area contributed by atoms with Crippen molar-refractivity contribution >= 4 is 62.2 Å². The summed E-state index contributed by atoms with van der Waals surface area (Å²) in [6.45, 7) is 2.04. The highest BCUT2D eigenvalue weighted by molar-refractivity contribution is 7.88. The van der Waals surface area contributed by atoms with E-state index in [1.807, 2.05) is 0 Å². The van der Waals surface area contributed by atoms with E-state index in [0.29, 0.717) is 44.6 Å². The molecule has 0 saturated carbocycles. The molecular formula is C24H24Cl2N8O5S. The number of hydrogen-bond acceptors (Lipinski definition) is 11. The average Bonchev–Trinajstić information content (AvgIpc) is 3.36. The van der Waals surface area contributed by atoms with Gasteiger partial charge < -0.3 is 25.5 Å². The van der Waals surface area contributed by atoms with Crippen molar-refractivity contribution < 1.29 is 22.7 Å². The summed E-state index contributed by atoms with van der Waals surface area (Å²) in [5.41, 5.74) is 1.13. The van der Waals surface area contributed by atoms with Crippen LogP contribution >= 0.6 is 23.2 Å². The Labute approximate surface area is 239 Å². The maximum Gasteiger partial charge on any atom is 0.339 e. The van der Waals surface area contributed by atoms with Crippen molar-refractivity contribution in [3.8, 4) is 11.3 Å². The number of rotatable bonds is 12. The molecule has 0 aliphatic carbocycles. The Morgan fingerprint density at radius 1 is 1.07 bits per heavy atom. The topological polar surface area (TPSA) is 184 Å². The number of pyridine rings is 1. The number of halogens is 2. The zero-order valence-corrected chi connectivity index (χ0v) is 23.5. The van der Waals surface area contributed by atoms with Gasteiger partial charge in [0.15, 0.2) is 17.4 Å². The predicted octanol–water partition coefficient (Wildman–Crippen LogP) is 4.16. The summed E-state index contributed by atoms with van der Waals surface area (Å²) in [4.78, 5) is 28.8. The van der Waals surface area contributed by atoms with Crippen LogP contribution in [0.2, 0.25) is 10.0 Å². The van der Waals surface area contributed by atoms with Crippen molar-refractivity contribution in [3.63, 3.8) is 0 Å². The second kappa shape index (κ2) is 12.5. The van der Waals surface area contributed by atoms with Crippen molar-refractivity contribution in [2.45, 2.75) is 13.5 Å². The van der Waals surface area contributed by atoms with E-state index in [9.17, 15) is 18.3 Å². The molecule has 3 aromatic heterocycles. The second-order valence-corrected chi connectivity index (χ2v) is 11.1. The van der Waals surface area contributed by atoms with Crippen LogP contribution in [-0.4, -0.2) is 58.8 Å². The van der Waals surface area contributed by atoms with Crippen LogP contribution in [0.25, 0.3) is 11.3 Å². The maximum atomic E-state index is 11.7. The lowest BCUT2D eigenvalue weighted by Crippen LogP contribution is -2.28. The van der Waals surface area contributed by atoms with Gasteiger partial charge in [0.1, 0.15) is 17.1 Å². The first-order valence-corrected chi connectivity index (χ1v) is 14.3. The summed E-state index contributed by atoms with van der Waals surface area (Å²) in [6, 6.07) is 6.49. The summed E-state index contributed by atoms with van der Waals surface area (Å²) >= 11 is 12.4. The van der Waals surface area contributed by atoms with E-state index in [4.69, 9.17) is 27.6 Å². The standard InChI is InChI=1S/C24H24Cl2N8O5S/c1-13-32-22(28-7-8-31-40(2,37)38)21(23(33-13)34-18-5-6-27-10-16(18)24(35)36)30-12-20-29-11-19(39-20)15-9-14(25)3-4-17(15)26/h3-6,9-11,30-31H,7-8,12H2,1-2H3,(H,35,36)(H2,27,28,32,33,34). The highest BCUT2D eigenvalue weighted by Gasteiger charge is 2.18. The number of nitrogens with one attached hydrogen (secondary N) is 4. The molecule has 0 bridgehead atoms. The Morgan fingerprint density at radius 2 is 1.85 bits per heavy atom. The van der Waals surface area contributed by atoms with Crippen LogP contribution in [0, 0.1) is 6.92 Å². The number of aromatic nitrogens is 4. The fourth-order valence-electron chi connectivity index (χ4n) is 3.54. The van der Waals surface area contributed by atoms with Gasteiger partial charge in [-0.3, -0.25) is 4.98 Å².